The van der Waals surface area contributed by atoms with Gasteiger partial charge in [-0.1, -0.05) is 20.8 Å². The Hall–Kier alpha value is -1.61. The van der Waals surface area contributed by atoms with Crippen molar-refractivity contribution >= 4 is 56.2 Å². The van der Waals surface area contributed by atoms with E-state index in [9.17, 15) is 0 Å². The molecule has 8 heteroatoms. The largest absolute Gasteiger partial charge is 0.486 e. The van der Waals surface area contributed by atoms with Crippen molar-refractivity contribution in [3.8, 4) is 17.8 Å². The summed E-state index contributed by atoms with van der Waals surface area (Å²) >= 11 is 4.53. The van der Waals surface area contributed by atoms with Crippen molar-refractivity contribution in [2.45, 2.75) is 38.8 Å². The van der Waals surface area contributed by atoms with Crippen LogP contribution >= 0.6 is 45.2 Å². The second kappa shape index (κ2) is 7.33. The van der Waals surface area contributed by atoms with Crippen molar-refractivity contribution in [1.29, 1.82) is 5.26 Å². The summed E-state index contributed by atoms with van der Waals surface area (Å²) in [7, 11) is 0. The van der Waals surface area contributed by atoms with Crippen LogP contribution in [0.2, 0.25) is 0 Å². The number of nitriles is 1. The molecule has 6 nitrogen and oxygen atoms in total. The van der Waals surface area contributed by atoms with Gasteiger partial charge in [0.25, 0.3) is 6.01 Å². The molecule has 0 N–H and O–H groups in total. The Labute approximate surface area is 190 Å². The van der Waals surface area contributed by atoms with Crippen LogP contribution in [0.5, 0.6) is 11.8 Å². The van der Waals surface area contributed by atoms with Gasteiger partial charge in [-0.05, 0) is 69.4 Å². The maximum Gasteiger partial charge on any atom is 0.297 e. The summed E-state index contributed by atoms with van der Waals surface area (Å²) in [5.74, 6) is 0.797. The molecule has 0 unspecified atom stereocenters. The van der Waals surface area contributed by atoms with E-state index >= 15 is 0 Å². The van der Waals surface area contributed by atoms with E-state index in [1.54, 1.807) is 12.1 Å². The molecule has 1 aromatic carbocycles. The van der Waals surface area contributed by atoms with E-state index in [1.807, 2.05) is 10.6 Å². The van der Waals surface area contributed by atoms with Crippen LogP contribution in [0.25, 0.3) is 11.0 Å². The van der Waals surface area contributed by atoms with Crippen LogP contribution in [-0.2, 0) is 12.0 Å². The van der Waals surface area contributed by atoms with E-state index in [0.717, 1.165) is 29.7 Å². The summed E-state index contributed by atoms with van der Waals surface area (Å²) in [6, 6.07) is 10.3. The van der Waals surface area contributed by atoms with Gasteiger partial charge in [-0.25, -0.2) is 4.98 Å². The molecule has 0 saturated carbocycles. The smallest absolute Gasteiger partial charge is 0.297 e. The average molecular weight is 600 g/mol. The van der Waals surface area contributed by atoms with Crippen LogP contribution in [0.1, 0.15) is 32.0 Å². The van der Waals surface area contributed by atoms with Gasteiger partial charge in [0.2, 0.25) is 0 Å². The molecule has 1 atom stereocenters. The molecule has 2 aromatic heterocycles. The Bertz CT molecular complexity index is 1090. The normalized spacial score (nSPS) is 15.9. The van der Waals surface area contributed by atoms with E-state index in [1.165, 1.54) is 0 Å². The van der Waals surface area contributed by atoms with Crippen LogP contribution in [0.4, 0.5) is 0 Å². The number of hydrogen-bond acceptors (Lipinski definition) is 5. The minimum atomic E-state index is -0.114. The van der Waals surface area contributed by atoms with Crippen molar-refractivity contribution in [2.24, 2.45) is 0 Å². The molecule has 0 fully saturated rings. The molecule has 0 saturated heterocycles. The third-order valence-electron chi connectivity index (χ3n) is 4.57. The summed E-state index contributed by atoms with van der Waals surface area (Å²) in [5.41, 5.74) is 3.39. The zero-order chi connectivity index (χ0) is 20.1. The highest BCUT2D eigenvalue weighted by Gasteiger charge is 2.28. The Morgan fingerprint density at radius 3 is 2.75 bits per heavy atom. The minimum Gasteiger partial charge on any atom is -0.486 e. The summed E-state index contributed by atoms with van der Waals surface area (Å²) in [4.78, 5) is 9.21. The van der Waals surface area contributed by atoms with Gasteiger partial charge in [-0.2, -0.15) is 10.2 Å². The van der Waals surface area contributed by atoms with Crippen molar-refractivity contribution < 1.29 is 9.47 Å². The Balaban J connectivity index is 1.49. The first-order valence-electron chi connectivity index (χ1n) is 8.82. The molecule has 28 heavy (non-hydrogen) atoms. The number of imidazole rings is 1. The number of nitrogens with zero attached hydrogens (tertiary/aromatic N) is 4. The third-order valence-corrected chi connectivity index (χ3v) is 6.10. The van der Waals surface area contributed by atoms with E-state index in [2.05, 4.69) is 83.1 Å². The van der Waals surface area contributed by atoms with Gasteiger partial charge in [0.05, 0.1) is 32.8 Å². The standard InChI is InChI=1S/C20H18I2N4O2/c1-20(2,3)16-7-13(21)17(18(22)25-16)27-10-12-9-26-15-5-4-11(8-23)6-14(15)24-19(26)28-12/h4-7,12H,9-10H2,1-3H3/t12-/m0/s1. The van der Waals surface area contributed by atoms with Crippen molar-refractivity contribution in [3.63, 3.8) is 0 Å². The molecule has 1 aliphatic rings. The molecular formula is C20H18I2N4O2. The monoisotopic (exact) mass is 600 g/mol. The zero-order valence-corrected chi connectivity index (χ0v) is 20.0. The number of rotatable bonds is 3. The van der Waals surface area contributed by atoms with Crippen molar-refractivity contribution in [2.75, 3.05) is 6.61 Å². The molecule has 1 aliphatic heterocycles. The molecular weight excluding hydrogens is 582 g/mol. The fraction of sp³-hybridized carbons (Fsp3) is 0.350. The van der Waals surface area contributed by atoms with Gasteiger partial charge in [0.15, 0.2) is 11.9 Å². The summed E-state index contributed by atoms with van der Waals surface area (Å²) in [6.07, 6.45) is -0.114. The van der Waals surface area contributed by atoms with E-state index in [-0.39, 0.29) is 11.5 Å². The Morgan fingerprint density at radius 2 is 2.07 bits per heavy atom. The first-order valence-corrected chi connectivity index (χ1v) is 11.0. The Morgan fingerprint density at radius 1 is 1.29 bits per heavy atom. The summed E-state index contributed by atoms with van der Waals surface area (Å²) in [6.45, 7) is 7.54. The van der Waals surface area contributed by atoms with E-state index in [4.69, 9.17) is 19.7 Å². The van der Waals surface area contributed by atoms with Crippen LogP contribution < -0.4 is 9.47 Å². The van der Waals surface area contributed by atoms with Gasteiger partial charge in [-0.3, -0.25) is 4.57 Å². The lowest BCUT2D eigenvalue weighted by molar-refractivity contribution is 0.142. The highest BCUT2D eigenvalue weighted by atomic mass is 127. The molecule has 4 rings (SSSR count). The number of hydrogen-bond donors (Lipinski definition) is 0. The quantitative estimate of drug-likeness (QED) is 0.324. The molecule has 3 heterocycles. The van der Waals surface area contributed by atoms with Gasteiger partial charge in [-0.15, -0.1) is 0 Å². The number of ether oxygens (including phenoxy) is 2. The average Bonchev–Trinajstić information content (AvgIpc) is 3.16. The lowest BCUT2D eigenvalue weighted by atomic mass is 9.92. The zero-order valence-electron chi connectivity index (χ0n) is 15.7. The number of halogens is 2. The lowest BCUT2D eigenvalue weighted by Crippen LogP contribution is -2.24. The highest BCUT2D eigenvalue weighted by molar-refractivity contribution is 14.1. The Kier molecular flexibility index (Phi) is 5.16. The second-order valence-corrected chi connectivity index (χ2v) is 9.91. The number of fused-ring (bicyclic) bond motifs is 3. The van der Waals surface area contributed by atoms with E-state index in [0.29, 0.717) is 24.7 Å². The maximum absolute atomic E-state index is 9.03. The third kappa shape index (κ3) is 3.66. The first kappa shape index (κ1) is 19.7. The molecule has 0 aliphatic carbocycles. The van der Waals surface area contributed by atoms with Gasteiger partial charge in [0, 0.05) is 11.1 Å². The van der Waals surface area contributed by atoms with Crippen molar-refractivity contribution in [1.82, 2.24) is 14.5 Å². The lowest BCUT2D eigenvalue weighted by Gasteiger charge is -2.20. The van der Waals surface area contributed by atoms with E-state index < -0.39 is 0 Å². The predicted molar refractivity (Wildman–Crippen MR) is 123 cm³/mol. The molecule has 3 aromatic rings. The number of pyridine rings is 1. The molecule has 0 spiro atoms. The fourth-order valence-corrected chi connectivity index (χ4v) is 5.01. The fourth-order valence-electron chi connectivity index (χ4n) is 3.08. The SMILES string of the molecule is CC(C)(C)c1cc(I)c(OC[C@@H]2Cn3c(nc4cc(C#N)ccc43)O2)c(I)n1. The van der Waals surface area contributed by atoms with Crippen molar-refractivity contribution in [3.05, 3.63) is 42.8 Å². The summed E-state index contributed by atoms with van der Waals surface area (Å²) in [5, 5.41) is 9.03. The van der Waals surface area contributed by atoms with Crippen LogP contribution in [0, 0.1) is 18.6 Å². The van der Waals surface area contributed by atoms with Crippen LogP contribution in [0.15, 0.2) is 24.3 Å². The number of aromatic nitrogens is 3. The second-order valence-electron chi connectivity index (χ2n) is 7.73. The minimum absolute atomic E-state index is 0.00535. The summed E-state index contributed by atoms with van der Waals surface area (Å²) < 4.78 is 16.0. The van der Waals surface area contributed by atoms with Gasteiger partial charge < -0.3 is 9.47 Å². The van der Waals surface area contributed by atoms with Crippen LogP contribution in [0.3, 0.4) is 0 Å². The molecule has 0 bridgehead atoms. The molecule has 0 radical (unpaired) electrons. The predicted octanol–water partition coefficient (Wildman–Crippen LogP) is 4.65. The molecule has 144 valence electrons. The van der Waals surface area contributed by atoms with Crippen LogP contribution in [-0.4, -0.2) is 27.2 Å². The highest BCUT2D eigenvalue weighted by Crippen LogP contribution is 2.32. The number of benzene rings is 1. The molecule has 0 amide bonds. The maximum atomic E-state index is 9.03. The van der Waals surface area contributed by atoms with Gasteiger partial charge in [0.1, 0.15) is 10.3 Å². The first-order chi connectivity index (χ1) is 13.3. The topological polar surface area (TPSA) is 73.0 Å². The van der Waals surface area contributed by atoms with Gasteiger partial charge >= 0.3 is 0 Å².